The zero-order valence-corrected chi connectivity index (χ0v) is 16.2. The Labute approximate surface area is 166 Å². The molecular formula is C20H24F3N3O3. The molecule has 9 heteroatoms. The van der Waals surface area contributed by atoms with Crippen molar-refractivity contribution in [3.8, 4) is 5.69 Å². The molecule has 0 radical (unpaired) electrons. The topological polar surface area (TPSA) is 67.6 Å². The Morgan fingerprint density at radius 3 is 2.48 bits per heavy atom. The molecule has 1 aromatic carbocycles. The average Bonchev–Trinajstić information content (AvgIpc) is 3.14. The van der Waals surface area contributed by atoms with E-state index in [0.717, 1.165) is 16.4 Å². The van der Waals surface area contributed by atoms with Crippen molar-refractivity contribution in [1.29, 1.82) is 0 Å². The van der Waals surface area contributed by atoms with Crippen molar-refractivity contribution in [3.05, 3.63) is 47.3 Å². The minimum absolute atomic E-state index is 0.0442. The second-order valence-electron chi connectivity index (χ2n) is 7.09. The van der Waals surface area contributed by atoms with Gasteiger partial charge in [0.2, 0.25) is 0 Å². The van der Waals surface area contributed by atoms with Gasteiger partial charge in [-0.3, -0.25) is 4.79 Å². The minimum atomic E-state index is -4.72. The highest BCUT2D eigenvalue weighted by atomic mass is 19.4. The first-order valence-electron chi connectivity index (χ1n) is 9.55. The number of aliphatic hydroxyl groups excluding tert-OH is 1. The highest BCUT2D eigenvalue weighted by Crippen LogP contribution is 2.34. The molecule has 158 valence electrons. The Bertz CT molecular complexity index is 826. The van der Waals surface area contributed by atoms with Crippen LogP contribution in [0, 0.1) is 6.92 Å². The van der Waals surface area contributed by atoms with Gasteiger partial charge in [0, 0.05) is 26.3 Å². The summed E-state index contributed by atoms with van der Waals surface area (Å²) in [5.41, 5.74) is -0.349. The number of aliphatic hydroxyl groups is 1. The highest BCUT2D eigenvalue weighted by Gasteiger charge is 2.41. The van der Waals surface area contributed by atoms with Crippen LogP contribution in [0.3, 0.4) is 0 Å². The molecule has 6 nitrogen and oxygen atoms in total. The van der Waals surface area contributed by atoms with Crippen LogP contribution in [0.5, 0.6) is 0 Å². The molecule has 0 saturated carbocycles. The predicted molar refractivity (Wildman–Crippen MR) is 99.9 cm³/mol. The Hall–Kier alpha value is -2.39. The largest absolute Gasteiger partial charge is 0.434 e. The van der Waals surface area contributed by atoms with E-state index in [4.69, 9.17) is 9.84 Å². The molecule has 0 spiro atoms. The SMILES string of the molecule is Cc1ccc(-n2ncc(C(=O)N3CCC(OCCCO)CC3)c2C(F)(F)F)cc1. The number of ether oxygens (including phenoxy) is 1. The molecule has 0 aliphatic carbocycles. The zero-order chi connectivity index (χ0) is 21.0. The Morgan fingerprint density at radius 2 is 1.90 bits per heavy atom. The summed E-state index contributed by atoms with van der Waals surface area (Å²) < 4.78 is 47.8. The summed E-state index contributed by atoms with van der Waals surface area (Å²) in [4.78, 5) is 14.2. The molecule has 2 aromatic rings. The van der Waals surface area contributed by atoms with Crippen molar-refractivity contribution in [2.45, 2.75) is 38.5 Å². The lowest BCUT2D eigenvalue weighted by atomic mass is 10.1. The molecule has 1 amide bonds. The maximum Gasteiger partial charge on any atom is 0.434 e. The van der Waals surface area contributed by atoms with E-state index < -0.39 is 23.3 Å². The van der Waals surface area contributed by atoms with E-state index in [1.165, 1.54) is 4.90 Å². The smallest absolute Gasteiger partial charge is 0.396 e. The third kappa shape index (κ3) is 4.97. The first-order chi connectivity index (χ1) is 13.8. The summed E-state index contributed by atoms with van der Waals surface area (Å²) in [6.07, 6.45) is -2.16. The fourth-order valence-electron chi connectivity index (χ4n) is 3.37. The minimum Gasteiger partial charge on any atom is -0.396 e. The monoisotopic (exact) mass is 411 g/mol. The van der Waals surface area contributed by atoms with Gasteiger partial charge >= 0.3 is 6.18 Å². The maximum absolute atomic E-state index is 13.8. The third-order valence-electron chi connectivity index (χ3n) is 4.93. The highest BCUT2D eigenvalue weighted by molar-refractivity contribution is 5.95. The molecule has 0 unspecified atom stereocenters. The number of likely N-dealkylation sites (tertiary alicyclic amines) is 1. The van der Waals surface area contributed by atoms with Crippen LogP contribution in [0.2, 0.25) is 0 Å². The molecule has 1 fully saturated rings. The van der Waals surface area contributed by atoms with Gasteiger partial charge in [0.15, 0.2) is 5.69 Å². The summed E-state index contributed by atoms with van der Waals surface area (Å²) in [7, 11) is 0. The van der Waals surface area contributed by atoms with Gasteiger partial charge in [-0.1, -0.05) is 17.7 Å². The van der Waals surface area contributed by atoms with Crippen molar-refractivity contribution in [3.63, 3.8) is 0 Å². The van der Waals surface area contributed by atoms with E-state index in [9.17, 15) is 18.0 Å². The number of nitrogens with zero attached hydrogens (tertiary/aromatic N) is 3. The number of aromatic nitrogens is 2. The first-order valence-corrected chi connectivity index (χ1v) is 9.55. The lowest BCUT2D eigenvalue weighted by Crippen LogP contribution is -2.41. The van der Waals surface area contributed by atoms with Crippen molar-refractivity contribution < 1.29 is 27.8 Å². The average molecular weight is 411 g/mol. The van der Waals surface area contributed by atoms with Crippen LogP contribution in [-0.2, 0) is 10.9 Å². The fraction of sp³-hybridized carbons (Fsp3) is 0.500. The van der Waals surface area contributed by atoms with Gasteiger partial charge in [0.1, 0.15) is 0 Å². The summed E-state index contributed by atoms with van der Waals surface area (Å²) in [6.45, 7) is 2.94. The van der Waals surface area contributed by atoms with E-state index in [0.29, 0.717) is 39.0 Å². The molecule has 1 aliphatic rings. The number of amides is 1. The quantitative estimate of drug-likeness (QED) is 0.742. The first kappa shape index (κ1) is 21.3. The van der Waals surface area contributed by atoms with Crippen LogP contribution in [0.1, 0.15) is 40.9 Å². The molecule has 1 aliphatic heterocycles. The molecule has 0 atom stereocenters. The van der Waals surface area contributed by atoms with Crippen LogP contribution in [0.15, 0.2) is 30.5 Å². The second kappa shape index (κ2) is 8.96. The molecule has 3 rings (SSSR count). The van der Waals surface area contributed by atoms with Crippen LogP contribution in [0.4, 0.5) is 13.2 Å². The predicted octanol–water partition coefficient (Wildman–Crippen LogP) is 3.20. The number of piperidine rings is 1. The molecule has 1 aromatic heterocycles. The van der Waals surface area contributed by atoms with Crippen LogP contribution in [0.25, 0.3) is 5.69 Å². The molecule has 29 heavy (non-hydrogen) atoms. The summed E-state index contributed by atoms with van der Waals surface area (Å²) >= 11 is 0. The van der Waals surface area contributed by atoms with Gasteiger partial charge in [-0.25, -0.2) is 4.68 Å². The standard InChI is InChI=1S/C20H24F3N3O3/c1-14-3-5-15(6-4-14)26-18(20(21,22)23)17(13-24-26)19(28)25-9-7-16(8-10-25)29-12-2-11-27/h3-6,13,16,27H,2,7-12H2,1H3. The van der Waals surface area contributed by atoms with Gasteiger partial charge in [-0.05, 0) is 38.3 Å². The zero-order valence-electron chi connectivity index (χ0n) is 16.2. The van der Waals surface area contributed by atoms with Crippen LogP contribution >= 0.6 is 0 Å². The third-order valence-corrected chi connectivity index (χ3v) is 4.93. The van der Waals surface area contributed by atoms with Crippen molar-refractivity contribution in [2.24, 2.45) is 0 Å². The molecule has 1 saturated heterocycles. The normalized spacial score (nSPS) is 15.7. The van der Waals surface area contributed by atoms with E-state index >= 15 is 0 Å². The van der Waals surface area contributed by atoms with Gasteiger partial charge in [-0.2, -0.15) is 18.3 Å². The van der Waals surface area contributed by atoms with Gasteiger partial charge in [-0.15, -0.1) is 0 Å². The number of aryl methyl sites for hydroxylation is 1. The van der Waals surface area contributed by atoms with Crippen molar-refractivity contribution in [1.82, 2.24) is 14.7 Å². The molecule has 1 N–H and O–H groups in total. The second-order valence-corrected chi connectivity index (χ2v) is 7.09. The Morgan fingerprint density at radius 1 is 1.24 bits per heavy atom. The number of benzene rings is 1. The molecule has 0 bridgehead atoms. The summed E-state index contributed by atoms with van der Waals surface area (Å²) in [5.74, 6) is -0.676. The number of halogens is 3. The van der Waals surface area contributed by atoms with Crippen LogP contribution < -0.4 is 0 Å². The number of carbonyl (C=O) groups is 1. The van der Waals surface area contributed by atoms with Gasteiger partial charge in [0.25, 0.3) is 5.91 Å². The number of carbonyl (C=O) groups excluding carboxylic acids is 1. The Kier molecular flexibility index (Phi) is 6.59. The lowest BCUT2D eigenvalue weighted by Gasteiger charge is -2.32. The van der Waals surface area contributed by atoms with E-state index in [1.54, 1.807) is 24.3 Å². The molecule has 2 heterocycles. The van der Waals surface area contributed by atoms with Crippen LogP contribution in [-0.4, -0.2) is 58.1 Å². The number of rotatable bonds is 6. The number of hydrogen-bond donors (Lipinski definition) is 1. The van der Waals surface area contributed by atoms with E-state index in [2.05, 4.69) is 5.10 Å². The van der Waals surface area contributed by atoms with Gasteiger partial charge in [0.05, 0.1) is 23.6 Å². The number of hydrogen-bond acceptors (Lipinski definition) is 4. The van der Waals surface area contributed by atoms with Crippen molar-refractivity contribution in [2.75, 3.05) is 26.3 Å². The number of alkyl halides is 3. The molecular weight excluding hydrogens is 387 g/mol. The van der Waals surface area contributed by atoms with Crippen molar-refractivity contribution >= 4 is 5.91 Å². The van der Waals surface area contributed by atoms with E-state index in [-0.39, 0.29) is 18.4 Å². The summed E-state index contributed by atoms with van der Waals surface area (Å²) in [6, 6.07) is 6.47. The van der Waals surface area contributed by atoms with Gasteiger partial charge < -0.3 is 14.7 Å². The maximum atomic E-state index is 13.8. The van der Waals surface area contributed by atoms with E-state index in [1.807, 2.05) is 6.92 Å². The lowest BCUT2D eigenvalue weighted by molar-refractivity contribution is -0.143. The Balaban J connectivity index is 1.78. The summed E-state index contributed by atoms with van der Waals surface area (Å²) in [5, 5.41) is 12.7. The fourth-order valence-corrected chi connectivity index (χ4v) is 3.37.